The summed E-state index contributed by atoms with van der Waals surface area (Å²) in [4.78, 5) is 0. The molecule has 112 valence electrons. The molecule has 1 aliphatic carbocycles. The molecule has 2 heteroatoms. The lowest BCUT2D eigenvalue weighted by atomic mass is 9.83. The van der Waals surface area contributed by atoms with Gasteiger partial charge in [0.05, 0.1) is 0 Å². The van der Waals surface area contributed by atoms with Gasteiger partial charge in [0, 0.05) is 6.04 Å². The topological polar surface area (TPSA) is 12.0 Å². The minimum Gasteiger partial charge on any atom is -0.314 e. The molecular formula is C18H28FN. The van der Waals surface area contributed by atoms with Gasteiger partial charge in [-0.1, -0.05) is 57.2 Å². The summed E-state index contributed by atoms with van der Waals surface area (Å²) >= 11 is 0. The monoisotopic (exact) mass is 277 g/mol. The van der Waals surface area contributed by atoms with Crippen molar-refractivity contribution in [1.82, 2.24) is 5.32 Å². The Morgan fingerprint density at radius 3 is 2.65 bits per heavy atom. The minimum absolute atomic E-state index is 0.0561. The second-order valence-corrected chi connectivity index (χ2v) is 6.19. The molecule has 1 atom stereocenters. The van der Waals surface area contributed by atoms with Gasteiger partial charge in [0.1, 0.15) is 5.82 Å². The fourth-order valence-electron chi connectivity index (χ4n) is 3.34. The van der Waals surface area contributed by atoms with Crippen molar-refractivity contribution < 1.29 is 4.39 Å². The molecule has 2 rings (SSSR count). The van der Waals surface area contributed by atoms with Crippen LogP contribution in [-0.2, 0) is 6.42 Å². The zero-order valence-corrected chi connectivity index (χ0v) is 12.7. The van der Waals surface area contributed by atoms with Crippen LogP contribution in [0.25, 0.3) is 0 Å². The molecule has 1 unspecified atom stereocenters. The van der Waals surface area contributed by atoms with Crippen LogP contribution >= 0.6 is 0 Å². The van der Waals surface area contributed by atoms with Gasteiger partial charge in [0.25, 0.3) is 0 Å². The summed E-state index contributed by atoms with van der Waals surface area (Å²) in [6, 6.07) is 7.64. The molecule has 1 aromatic carbocycles. The van der Waals surface area contributed by atoms with Crippen LogP contribution < -0.4 is 5.32 Å². The van der Waals surface area contributed by atoms with Crippen molar-refractivity contribution in [3.8, 4) is 0 Å². The first-order valence-corrected chi connectivity index (χ1v) is 8.26. The quantitative estimate of drug-likeness (QED) is 0.761. The summed E-state index contributed by atoms with van der Waals surface area (Å²) in [7, 11) is 0. The van der Waals surface area contributed by atoms with Crippen LogP contribution in [0.3, 0.4) is 0 Å². The maximum atomic E-state index is 13.8. The molecule has 0 spiro atoms. The van der Waals surface area contributed by atoms with E-state index in [1.165, 1.54) is 38.5 Å². The lowest BCUT2D eigenvalue weighted by Gasteiger charge is -2.27. The van der Waals surface area contributed by atoms with Crippen LogP contribution in [0.5, 0.6) is 0 Å². The summed E-state index contributed by atoms with van der Waals surface area (Å²) in [5, 5.41) is 3.63. The van der Waals surface area contributed by atoms with E-state index in [1.54, 1.807) is 12.1 Å². The van der Waals surface area contributed by atoms with Crippen molar-refractivity contribution >= 4 is 0 Å². The summed E-state index contributed by atoms with van der Waals surface area (Å²) < 4.78 is 13.8. The normalized spacial score (nSPS) is 18.1. The van der Waals surface area contributed by atoms with Gasteiger partial charge < -0.3 is 5.32 Å². The molecule has 1 saturated carbocycles. The third kappa shape index (κ3) is 4.90. The van der Waals surface area contributed by atoms with E-state index in [1.807, 2.05) is 12.1 Å². The van der Waals surface area contributed by atoms with E-state index in [4.69, 9.17) is 0 Å². The van der Waals surface area contributed by atoms with Crippen molar-refractivity contribution in [3.63, 3.8) is 0 Å². The van der Waals surface area contributed by atoms with E-state index in [9.17, 15) is 4.39 Å². The molecule has 20 heavy (non-hydrogen) atoms. The highest BCUT2D eigenvalue weighted by molar-refractivity contribution is 5.18. The molecule has 0 saturated heterocycles. The zero-order chi connectivity index (χ0) is 14.2. The molecule has 0 heterocycles. The van der Waals surface area contributed by atoms with Crippen LogP contribution in [0, 0.1) is 11.7 Å². The van der Waals surface area contributed by atoms with Crippen molar-refractivity contribution in [2.45, 2.75) is 64.3 Å². The minimum atomic E-state index is -0.0561. The number of hydrogen-bond donors (Lipinski definition) is 1. The van der Waals surface area contributed by atoms with Crippen LogP contribution in [0.1, 0.15) is 57.4 Å². The third-order valence-corrected chi connectivity index (χ3v) is 4.45. The Balaban J connectivity index is 1.93. The summed E-state index contributed by atoms with van der Waals surface area (Å²) in [5.74, 6) is 0.782. The zero-order valence-electron chi connectivity index (χ0n) is 12.7. The summed E-state index contributed by atoms with van der Waals surface area (Å²) in [6.07, 6.45) is 10.0. The van der Waals surface area contributed by atoms with Crippen molar-refractivity contribution in [1.29, 1.82) is 0 Å². The predicted molar refractivity (Wildman–Crippen MR) is 83.4 cm³/mol. The maximum Gasteiger partial charge on any atom is 0.126 e. The third-order valence-electron chi connectivity index (χ3n) is 4.45. The Hall–Kier alpha value is -0.890. The molecule has 1 nitrogen and oxygen atoms in total. The van der Waals surface area contributed by atoms with Gasteiger partial charge in [-0.15, -0.1) is 0 Å². The van der Waals surface area contributed by atoms with Gasteiger partial charge >= 0.3 is 0 Å². The standard InChI is InChI=1S/C18H28FN/c1-2-12-20-17(13-15-8-4-3-5-9-15)14-16-10-6-7-11-18(16)19/h6-7,10-11,15,17,20H,2-5,8-9,12-14H2,1H3. The van der Waals surface area contributed by atoms with Gasteiger partial charge in [-0.25, -0.2) is 4.39 Å². The van der Waals surface area contributed by atoms with Crippen LogP contribution in [-0.4, -0.2) is 12.6 Å². The van der Waals surface area contributed by atoms with E-state index in [0.717, 1.165) is 30.9 Å². The lowest BCUT2D eigenvalue weighted by Crippen LogP contribution is -2.34. The first-order valence-electron chi connectivity index (χ1n) is 8.26. The van der Waals surface area contributed by atoms with E-state index >= 15 is 0 Å². The van der Waals surface area contributed by atoms with E-state index in [0.29, 0.717) is 6.04 Å². The fraction of sp³-hybridized carbons (Fsp3) is 0.667. The SMILES string of the molecule is CCCNC(Cc1ccccc1F)CC1CCCCC1. The Bertz CT molecular complexity index is 385. The Morgan fingerprint density at radius 1 is 1.20 bits per heavy atom. The lowest BCUT2D eigenvalue weighted by molar-refractivity contribution is 0.296. The molecule has 0 aromatic heterocycles. The van der Waals surface area contributed by atoms with Crippen LogP contribution in [0.15, 0.2) is 24.3 Å². The van der Waals surface area contributed by atoms with E-state index < -0.39 is 0 Å². The van der Waals surface area contributed by atoms with Gasteiger partial charge in [-0.2, -0.15) is 0 Å². The maximum absolute atomic E-state index is 13.8. The average Bonchev–Trinajstić information content (AvgIpc) is 2.48. The second-order valence-electron chi connectivity index (χ2n) is 6.19. The highest BCUT2D eigenvalue weighted by Gasteiger charge is 2.19. The molecule has 0 bridgehead atoms. The molecule has 1 aliphatic rings. The predicted octanol–water partition coefficient (Wildman–Crippen LogP) is 4.71. The van der Waals surface area contributed by atoms with Crippen molar-refractivity contribution in [2.75, 3.05) is 6.54 Å². The molecule has 1 fully saturated rings. The Labute approximate surface area is 123 Å². The number of benzene rings is 1. The largest absolute Gasteiger partial charge is 0.314 e. The van der Waals surface area contributed by atoms with Gasteiger partial charge in [0.2, 0.25) is 0 Å². The Morgan fingerprint density at radius 2 is 1.95 bits per heavy atom. The van der Waals surface area contributed by atoms with Gasteiger partial charge in [0.15, 0.2) is 0 Å². The Kier molecular flexibility index (Phi) is 6.52. The summed E-state index contributed by atoms with van der Waals surface area (Å²) in [5.41, 5.74) is 0.858. The molecule has 0 amide bonds. The number of hydrogen-bond acceptors (Lipinski definition) is 1. The number of nitrogens with one attached hydrogen (secondary N) is 1. The highest BCUT2D eigenvalue weighted by atomic mass is 19.1. The van der Waals surface area contributed by atoms with Gasteiger partial charge in [-0.3, -0.25) is 0 Å². The first kappa shape index (κ1) is 15.5. The average molecular weight is 277 g/mol. The van der Waals surface area contributed by atoms with Crippen molar-refractivity contribution in [3.05, 3.63) is 35.6 Å². The first-order chi connectivity index (χ1) is 9.79. The molecule has 0 radical (unpaired) electrons. The second kappa shape index (κ2) is 8.41. The van der Waals surface area contributed by atoms with Crippen molar-refractivity contribution in [2.24, 2.45) is 5.92 Å². The number of halogens is 1. The summed E-state index contributed by atoms with van der Waals surface area (Å²) in [6.45, 7) is 3.22. The number of rotatable bonds is 7. The van der Waals surface area contributed by atoms with Gasteiger partial charge in [-0.05, 0) is 43.4 Å². The van der Waals surface area contributed by atoms with E-state index in [-0.39, 0.29) is 5.82 Å². The fourth-order valence-corrected chi connectivity index (χ4v) is 3.34. The van der Waals surface area contributed by atoms with Crippen LogP contribution in [0.2, 0.25) is 0 Å². The van der Waals surface area contributed by atoms with E-state index in [2.05, 4.69) is 12.2 Å². The van der Waals surface area contributed by atoms with Crippen LogP contribution in [0.4, 0.5) is 4.39 Å². The molecule has 1 aromatic rings. The molecule has 1 N–H and O–H groups in total. The highest BCUT2D eigenvalue weighted by Crippen LogP contribution is 2.28. The molecular weight excluding hydrogens is 249 g/mol. The smallest absolute Gasteiger partial charge is 0.126 e. The molecule has 0 aliphatic heterocycles.